The van der Waals surface area contributed by atoms with Crippen molar-refractivity contribution in [3.63, 3.8) is 0 Å². The summed E-state index contributed by atoms with van der Waals surface area (Å²) in [6, 6.07) is 6.69. The monoisotopic (exact) mass is 144 g/mol. The summed E-state index contributed by atoms with van der Waals surface area (Å²) in [7, 11) is 0. The molecule has 0 unspecified atom stereocenters. The van der Waals surface area contributed by atoms with Gasteiger partial charge < -0.3 is 0 Å². The second-order valence-electron chi connectivity index (χ2n) is 1.76. The molecule has 1 aromatic rings. The van der Waals surface area contributed by atoms with Gasteiger partial charge in [-0.15, -0.1) is 0 Å². The molecule has 0 fully saturated rings. The van der Waals surface area contributed by atoms with Crippen LogP contribution in [-0.2, 0) is 6.67 Å². The van der Waals surface area contributed by atoms with Crippen LogP contribution in [0.4, 0.5) is 4.39 Å². The third kappa shape index (κ3) is 1.68. The Morgan fingerprint density at radius 3 is 2.22 bits per heavy atom. The Labute approximate surface area is 58.3 Å². The molecule has 9 heavy (non-hydrogen) atoms. The normalized spacial score (nSPS) is 9.56. The van der Waals surface area contributed by atoms with Crippen molar-refractivity contribution in [1.82, 2.24) is 0 Å². The van der Waals surface area contributed by atoms with E-state index in [0.717, 1.165) is 0 Å². The fraction of sp³-hybridized carbons (Fsp3) is 0.143. The van der Waals surface area contributed by atoms with Crippen molar-refractivity contribution < 1.29 is 4.39 Å². The lowest BCUT2D eigenvalue weighted by Gasteiger charge is -1.91. The van der Waals surface area contributed by atoms with Gasteiger partial charge in [-0.1, -0.05) is 23.7 Å². The van der Waals surface area contributed by atoms with Crippen LogP contribution in [0.25, 0.3) is 0 Å². The van der Waals surface area contributed by atoms with Crippen LogP contribution in [0.15, 0.2) is 24.3 Å². The first-order chi connectivity index (χ1) is 4.33. The van der Waals surface area contributed by atoms with E-state index in [0.29, 0.717) is 10.6 Å². The number of halogens is 2. The van der Waals surface area contributed by atoms with Gasteiger partial charge >= 0.3 is 0 Å². The van der Waals surface area contributed by atoms with Crippen molar-refractivity contribution >= 4 is 11.6 Å². The van der Waals surface area contributed by atoms with E-state index in [1.807, 2.05) is 0 Å². The minimum Gasteiger partial charge on any atom is -0.246 e. The molecule has 0 heterocycles. The molecule has 0 aliphatic carbocycles. The van der Waals surface area contributed by atoms with Gasteiger partial charge in [-0.05, 0) is 17.7 Å². The van der Waals surface area contributed by atoms with Crippen LogP contribution in [0.1, 0.15) is 5.56 Å². The van der Waals surface area contributed by atoms with Gasteiger partial charge in [0.05, 0.1) is 0 Å². The molecular weight excluding hydrogens is 139 g/mol. The molecule has 0 radical (unpaired) electrons. The van der Waals surface area contributed by atoms with Crippen LogP contribution in [0.3, 0.4) is 0 Å². The minimum absolute atomic E-state index is 0.419. The maximum absolute atomic E-state index is 11.8. The smallest absolute Gasteiger partial charge is 0.115 e. The zero-order valence-electron chi connectivity index (χ0n) is 4.77. The summed E-state index contributed by atoms with van der Waals surface area (Å²) in [5, 5.41) is 0.646. The summed E-state index contributed by atoms with van der Waals surface area (Å²) >= 11 is 5.55. The maximum Gasteiger partial charge on any atom is 0.115 e. The van der Waals surface area contributed by atoms with E-state index in [-0.39, 0.29) is 0 Å². The number of hydrogen-bond acceptors (Lipinski definition) is 0. The van der Waals surface area contributed by atoms with Gasteiger partial charge in [0.15, 0.2) is 0 Å². The van der Waals surface area contributed by atoms with E-state index in [2.05, 4.69) is 0 Å². The Hall–Kier alpha value is -0.560. The van der Waals surface area contributed by atoms with Crippen LogP contribution in [0, 0.1) is 0 Å². The van der Waals surface area contributed by atoms with Crippen LogP contribution in [-0.4, -0.2) is 0 Å². The molecule has 1 aromatic carbocycles. The Bertz CT molecular complexity index is 181. The van der Waals surface area contributed by atoms with Gasteiger partial charge in [0, 0.05) is 5.02 Å². The third-order valence-corrected chi connectivity index (χ3v) is 1.32. The molecule has 0 amide bonds. The molecule has 0 aromatic heterocycles. The lowest BCUT2D eigenvalue weighted by molar-refractivity contribution is 0.485. The summed E-state index contributed by atoms with van der Waals surface area (Å²) in [4.78, 5) is 0. The molecule has 0 nitrogen and oxygen atoms in total. The third-order valence-electron chi connectivity index (χ3n) is 1.07. The molecule has 0 N–H and O–H groups in total. The van der Waals surface area contributed by atoms with Gasteiger partial charge in [0.25, 0.3) is 0 Å². The summed E-state index contributed by atoms with van der Waals surface area (Å²) < 4.78 is 11.8. The first-order valence-electron chi connectivity index (χ1n) is 2.63. The first kappa shape index (κ1) is 6.56. The predicted molar refractivity (Wildman–Crippen MR) is 36.3 cm³/mol. The van der Waals surface area contributed by atoms with Gasteiger partial charge in [0.2, 0.25) is 0 Å². The molecule has 0 saturated carbocycles. The van der Waals surface area contributed by atoms with Crippen molar-refractivity contribution in [2.24, 2.45) is 0 Å². The number of alkyl halides is 1. The van der Waals surface area contributed by atoms with Crippen LogP contribution >= 0.6 is 11.6 Å². The van der Waals surface area contributed by atoms with E-state index in [1.165, 1.54) is 0 Å². The zero-order valence-corrected chi connectivity index (χ0v) is 5.53. The molecule has 0 bridgehead atoms. The lowest BCUT2D eigenvalue weighted by atomic mass is 10.2. The highest BCUT2D eigenvalue weighted by Gasteiger charge is 1.88. The van der Waals surface area contributed by atoms with E-state index in [1.54, 1.807) is 24.3 Å². The largest absolute Gasteiger partial charge is 0.246 e. The van der Waals surface area contributed by atoms with Gasteiger partial charge in [0.1, 0.15) is 6.67 Å². The highest BCUT2D eigenvalue weighted by atomic mass is 35.5. The first-order valence-corrected chi connectivity index (χ1v) is 3.01. The second kappa shape index (κ2) is 2.83. The number of benzene rings is 1. The van der Waals surface area contributed by atoms with Crippen molar-refractivity contribution in [1.29, 1.82) is 0 Å². The molecule has 0 atom stereocenters. The maximum atomic E-state index is 11.8. The fourth-order valence-electron chi connectivity index (χ4n) is 0.573. The van der Waals surface area contributed by atoms with E-state index in [9.17, 15) is 4.39 Å². The SMILES string of the molecule is FCc1ccc(Cl)cc1. The topological polar surface area (TPSA) is 0 Å². The molecule has 2 heteroatoms. The summed E-state index contributed by atoms with van der Waals surface area (Å²) in [6.45, 7) is -0.419. The molecular formula is C7H6ClF. The number of hydrogen-bond donors (Lipinski definition) is 0. The Morgan fingerprint density at radius 2 is 1.78 bits per heavy atom. The standard InChI is InChI=1S/C7H6ClF/c8-7-3-1-6(5-9)2-4-7/h1-4H,5H2. The van der Waals surface area contributed by atoms with Gasteiger partial charge in [-0.3, -0.25) is 0 Å². The van der Waals surface area contributed by atoms with Crippen LogP contribution in [0.2, 0.25) is 5.02 Å². The zero-order chi connectivity index (χ0) is 6.69. The molecule has 0 aliphatic heterocycles. The van der Waals surface area contributed by atoms with Gasteiger partial charge in [-0.2, -0.15) is 0 Å². The van der Waals surface area contributed by atoms with Crippen LogP contribution < -0.4 is 0 Å². The molecule has 48 valence electrons. The van der Waals surface area contributed by atoms with Crippen molar-refractivity contribution in [3.05, 3.63) is 34.9 Å². The van der Waals surface area contributed by atoms with Gasteiger partial charge in [-0.25, -0.2) is 4.39 Å². The van der Waals surface area contributed by atoms with Crippen molar-refractivity contribution in [2.45, 2.75) is 6.67 Å². The predicted octanol–water partition coefficient (Wildman–Crippen LogP) is 2.81. The number of rotatable bonds is 1. The average Bonchev–Trinajstić information content (AvgIpc) is 1.90. The Morgan fingerprint density at radius 1 is 1.22 bits per heavy atom. The highest BCUT2D eigenvalue weighted by Crippen LogP contribution is 2.09. The Balaban J connectivity index is 2.88. The summed E-state index contributed by atoms with van der Waals surface area (Å²) in [6.07, 6.45) is 0. The fourth-order valence-corrected chi connectivity index (χ4v) is 0.699. The summed E-state index contributed by atoms with van der Waals surface area (Å²) in [5.74, 6) is 0. The highest BCUT2D eigenvalue weighted by molar-refractivity contribution is 6.30. The average molecular weight is 145 g/mol. The summed E-state index contributed by atoms with van der Waals surface area (Å²) in [5.41, 5.74) is 0.666. The minimum atomic E-state index is -0.419. The van der Waals surface area contributed by atoms with Crippen molar-refractivity contribution in [2.75, 3.05) is 0 Å². The molecule has 0 saturated heterocycles. The molecule has 0 aliphatic rings. The van der Waals surface area contributed by atoms with Crippen LogP contribution in [0.5, 0.6) is 0 Å². The lowest BCUT2D eigenvalue weighted by Crippen LogP contribution is -1.74. The molecule has 0 spiro atoms. The van der Waals surface area contributed by atoms with E-state index in [4.69, 9.17) is 11.6 Å². The Kier molecular flexibility index (Phi) is 2.06. The second-order valence-corrected chi connectivity index (χ2v) is 2.20. The quantitative estimate of drug-likeness (QED) is 0.569. The van der Waals surface area contributed by atoms with E-state index < -0.39 is 6.67 Å². The van der Waals surface area contributed by atoms with E-state index >= 15 is 0 Å². The van der Waals surface area contributed by atoms with Crippen molar-refractivity contribution in [3.8, 4) is 0 Å². The molecule has 1 rings (SSSR count).